The van der Waals surface area contributed by atoms with Gasteiger partial charge in [-0.1, -0.05) is 33.1 Å². The van der Waals surface area contributed by atoms with Crippen LogP contribution in [-0.4, -0.2) is 11.0 Å². The van der Waals surface area contributed by atoms with Crippen molar-refractivity contribution in [2.45, 2.75) is 58.4 Å². The Kier molecular flexibility index (Phi) is 4.22. The van der Waals surface area contributed by atoms with Crippen LogP contribution in [0.3, 0.4) is 0 Å². The summed E-state index contributed by atoms with van der Waals surface area (Å²) < 4.78 is 0. The van der Waals surface area contributed by atoms with Crippen molar-refractivity contribution >= 4 is 16.5 Å². The van der Waals surface area contributed by atoms with Crippen LogP contribution in [0.15, 0.2) is 5.38 Å². The van der Waals surface area contributed by atoms with Crippen LogP contribution in [0.2, 0.25) is 0 Å². The fourth-order valence-electron chi connectivity index (χ4n) is 2.40. The van der Waals surface area contributed by atoms with Gasteiger partial charge in [0.15, 0.2) is 5.13 Å². The lowest BCUT2D eigenvalue weighted by Crippen LogP contribution is -2.26. The Balaban J connectivity index is 1.96. The summed E-state index contributed by atoms with van der Waals surface area (Å²) in [5.74, 6) is 0.788. The standard InChI is InChI=1S/C13H22N2S/c1-3-11-9-16-13(14-11)15-12-8-6-4-5-7-10(12)2/h9-10,12H,3-8H2,1-2H3,(H,14,15). The Morgan fingerprint density at radius 1 is 1.38 bits per heavy atom. The largest absolute Gasteiger partial charge is 0.359 e. The molecule has 0 radical (unpaired) electrons. The molecule has 0 saturated heterocycles. The molecular formula is C13H22N2S. The van der Waals surface area contributed by atoms with Crippen molar-refractivity contribution in [3.05, 3.63) is 11.1 Å². The van der Waals surface area contributed by atoms with Crippen molar-refractivity contribution in [2.24, 2.45) is 5.92 Å². The predicted octanol–water partition coefficient (Wildman–Crippen LogP) is 4.09. The van der Waals surface area contributed by atoms with E-state index in [2.05, 4.69) is 29.5 Å². The Labute approximate surface area is 102 Å². The molecule has 1 fully saturated rings. The highest BCUT2D eigenvalue weighted by molar-refractivity contribution is 7.13. The van der Waals surface area contributed by atoms with Crippen LogP contribution in [-0.2, 0) is 6.42 Å². The molecule has 1 aliphatic carbocycles. The number of aryl methyl sites for hydroxylation is 1. The first-order valence-electron chi connectivity index (χ1n) is 6.50. The molecule has 1 saturated carbocycles. The summed E-state index contributed by atoms with van der Waals surface area (Å²) in [6, 6.07) is 0.637. The lowest BCUT2D eigenvalue weighted by molar-refractivity contribution is 0.456. The molecule has 3 heteroatoms. The first-order chi connectivity index (χ1) is 7.79. The lowest BCUT2D eigenvalue weighted by Gasteiger charge is -2.22. The van der Waals surface area contributed by atoms with E-state index < -0.39 is 0 Å². The zero-order valence-corrected chi connectivity index (χ0v) is 11.1. The summed E-state index contributed by atoms with van der Waals surface area (Å²) in [7, 11) is 0. The third-order valence-corrected chi connectivity index (χ3v) is 4.41. The van der Waals surface area contributed by atoms with E-state index in [4.69, 9.17) is 0 Å². The van der Waals surface area contributed by atoms with Gasteiger partial charge in [0.2, 0.25) is 0 Å². The summed E-state index contributed by atoms with van der Waals surface area (Å²) in [6.45, 7) is 4.53. The number of anilines is 1. The van der Waals surface area contributed by atoms with Crippen LogP contribution in [0.25, 0.3) is 0 Å². The fraction of sp³-hybridized carbons (Fsp3) is 0.769. The van der Waals surface area contributed by atoms with Gasteiger partial charge in [0.25, 0.3) is 0 Å². The SMILES string of the molecule is CCc1csc(NC2CCCCCC2C)n1. The highest BCUT2D eigenvalue weighted by atomic mass is 32.1. The topological polar surface area (TPSA) is 24.9 Å². The Morgan fingerprint density at radius 2 is 2.19 bits per heavy atom. The maximum atomic E-state index is 4.60. The third-order valence-electron chi connectivity index (χ3n) is 3.58. The molecule has 16 heavy (non-hydrogen) atoms. The van der Waals surface area contributed by atoms with Crippen molar-refractivity contribution in [1.82, 2.24) is 4.98 Å². The molecule has 0 aromatic carbocycles. The average Bonchev–Trinajstić information content (AvgIpc) is 2.65. The second-order valence-electron chi connectivity index (χ2n) is 4.86. The van der Waals surface area contributed by atoms with E-state index in [0.717, 1.165) is 17.5 Å². The molecule has 1 aromatic rings. The van der Waals surface area contributed by atoms with Crippen molar-refractivity contribution in [3.63, 3.8) is 0 Å². The Hall–Kier alpha value is -0.570. The van der Waals surface area contributed by atoms with E-state index in [-0.39, 0.29) is 0 Å². The van der Waals surface area contributed by atoms with Crippen molar-refractivity contribution in [2.75, 3.05) is 5.32 Å². The molecule has 1 aliphatic rings. The molecule has 0 amide bonds. The normalized spacial score (nSPS) is 26.4. The van der Waals surface area contributed by atoms with Crippen LogP contribution in [0.1, 0.15) is 51.6 Å². The van der Waals surface area contributed by atoms with E-state index in [1.165, 1.54) is 37.8 Å². The molecule has 1 aromatic heterocycles. The number of hydrogen-bond donors (Lipinski definition) is 1. The van der Waals surface area contributed by atoms with Crippen LogP contribution in [0.5, 0.6) is 0 Å². The molecule has 0 aliphatic heterocycles. The molecule has 2 atom stereocenters. The summed E-state index contributed by atoms with van der Waals surface area (Å²) in [6.07, 6.45) is 7.89. The monoisotopic (exact) mass is 238 g/mol. The van der Waals surface area contributed by atoms with Crippen LogP contribution in [0.4, 0.5) is 5.13 Å². The number of nitrogens with zero attached hydrogens (tertiary/aromatic N) is 1. The Bertz CT molecular complexity index is 321. The second kappa shape index (κ2) is 5.67. The number of thiazole rings is 1. The smallest absolute Gasteiger partial charge is 0.183 e. The van der Waals surface area contributed by atoms with Gasteiger partial charge in [-0.15, -0.1) is 11.3 Å². The number of aromatic nitrogens is 1. The van der Waals surface area contributed by atoms with Gasteiger partial charge in [0.1, 0.15) is 0 Å². The molecule has 0 bridgehead atoms. The van der Waals surface area contributed by atoms with Crippen molar-refractivity contribution < 1.29 is 0 Å². The van der Waals surface area contributed by atoms with Crippen molar-refractivity contribution in [1.29, 1.82) is 0 Å². The summed E-state index contributed by atoms with van der Waals surface area (Å²) in [5, 5.41) is 6.92. The first kappa shape index (κ1) is 11.9. The number of rotatable bonds is 3. The molecule has 2 nitrogen and oxygen atoms in total. The quantitative estimate of drug-likeness (QED) is 0.802. The first-order valence-corrected chi connectivity index (χ1v) is 7.38. The molecule has 1 N–H and O–H groups in total. The van der Waals surface area contributed by atoms with Gasteiger partial charge in [0, 0.05) is 11.4 Å². The minimum Gasteiger partial charge on any atom is -0.359 e. The predicted molar refractivity (Wildman–Crippen MR) is 71.2 cm³/mol. The van der Waals surface area contributed by atoms with E-state index in [1.54, 1.807) is 11.3 Å². The van der Waals surface area contributed by atoms with Gasteiger partial charge < -0.3 is 5.32 Å². The summed E-state index contributed by atoms with van der Waals surface area (Å²) in [4.78, 5) is 4.60. The lowest BCUT2D eigenvalue weighted by atomic mass is 9.97. The fourth-order valence-corrected chi connectivity index (χ4v) is 3.26. The van der Waals surface area contributed by atoms with Gasteiger partial charge in [-0.05, 0) is 25.2 Å². The van der Waals surface area contributed by atoms with Crippen LogP contribution in [0, 0.1) is 5.92 Å². The third kappa shape index (κ3) is 2.97. The van der Waals surface area contributed by atoms with E-state index in [9.17, 15) is 0 Å². The van der Waals surface area contributed by atoms with E-state index in [0.29, 0.717) is 6.04 Å². The number of hydrogen-bond acceptors (Lipinski definition) is 3. The zero-order chi connectivity index (χ0) is 11.4. The van der Waals surface area contributed by atoms with Gasteiger partial charge in [-0.2, -0.15) is 0 Å². The second-order valence-corrected chi connectivity index (χ2v) is 5.72. The molecular weight excluding hydrogens is 216 g/mol. The van der Waals surface area contributed by atoms with E-state index >= 15 is 0 Å². The maximum absolute atomic E-state index is 4.60. The summed E-state index contributed by atoms with van der Waals surface area (Å²) >= 11 is 1.75. The molecule has 0 spiro atoms. The molecule has 90 valence electrons. The Morgan fingerprint density at radius 3 is 2.94 bits per heavy atom. The number of nitrogens with one attached hydrogen (secondary N) is 1. The highest BCUT2D eigenvalue weighted by Crippen LogP contribution is 2.27. The van der Waals surface area contributed by atoms with Gasteiger partial charge in [-0.3, -0.25) is 0 Å². The van der Waals surface area contributed by atoms with Gasteiger partial charge in [-0.25, -0.2) is 4.98 Å². The zero-order valence-electron chi connectivity index (χ0n) is 10.3. The molecule has 1 heterocycles. The minimum absolute atomic E-state index is 0.637. The van der Waals surface area contributed by atoms with E-state index in [1.807, 2.05) is 0 Å². The van der Waals surface area contributed by atoms with Crippen molar-refractivity contribution in [3.8, 4) is 0 Å². The van der Waals surface area contributed by atoms with Gasteiger partial charge in [0.05, 0.1) is 5.69 Å². The summed E-state index contributed by atoms with van der Waals surface area (Å²) in [5.41, 5.74) is 1.22. The average molecular weight is 238 g/mol. The van der Waals surface area contributed by atoms with Gasteiger partial charge >= 0.3 is 0 Å². The minimum atomic E-state index is 0.637. The van der Waals surface area contributed by atoms with Crippen LogP contribution < -0.4 is 5.32 Å². The molecule has 2 unspecified atom stereocenters. The molecule has 2 rings (SSSR count). The maximum Gasteiger partial charge on any atom is 0.183 e. The van der Waals surface area contributed by atoms with Crippen LogP contribution >= 0.6 is 11.3 Å². The highest BCUT2D eigenvalue weighted by Gasteiger charge is 2.20.